The maximum Gasteiger partial charge on any atom is 0.234 e. The lowest BCUT2D eigenvalue weighted by molar-refractivity contribution is -0.122. The maximum absolute atomic E-state index is 13.6. The number of rotatable bonds is 6. The summed E-state index contributed by atoms with van der Waals surface area (Å²) in [4.78, 5) is 27.1. The van der Waals surface area contributed by atoms with Crippen molar-refractivity contribution in [2.24, 2.45) is 5.92 Å². The average Bonchev–Trinajstić information content (AvgIpc) is 2.78. The van der Waals surface area contributed by atoms with Gasteiger partial charge in [0.2, 0.25) is 5.91 Å². The van der Waals surface area contributed by atoms with E-state index in [2.05, 4.69) is 5.32 Å². The van der Waals surface area contributed by atoms with Gasteiger partial charge in [-0.3, -0.25) is 14.5 Å². The van der Waals surface area contributed by atoms with Gasteiger partial charge in [0.15, 0.2) is 17.3 Å². The van der Waals surface area contributed by atoms with E-state index in [1.807, 2.05) is 4.90 Å². The van der Waals surface area contributed by atoms with Crippen molar-refractivity contribution in [3.05, 3.63) is 59.4 Å². The lowest BCUT2D eigenvalue weighted by Crippen LogP contribution is -2.42. The van der Waals surface area contributed by atoms with Crippen LogP contribution in [0.15, 0.2) is 42.5 Å². The van der Waals surface area contributed by atoms with Crippen LogP contribution in [0.3, 0.4) is 0 Å². The van der Waals surface area contributed by atoms with Gasteiger partial charge >= 0.3 is 0 Å². The van der Waals surface area contributed by atoms with Gasteiger partial charge in [0, 0.05) is 23.6 Å². The molecule has 0 unspecified atom stereocenters. The monoisotopic (exact) mass is 412 g/mol. The minimum absolute atomic E-state index is 0.0646. The summed E-state index contributed by atoms with van der Waals surface area (Å²) in [6.07, 6.45) is 1.40. The Balaban J connectivity index is 1.25. The van der Waals surface area contributed by atoms with Gasteiger partial charge in [0.1, 0.15) is 19.0 Å². The number of benzene rings is 2. The van der Waals surface area contributed by atoms with E-state index in [-0.39, 0.29) is 36.5 Å². The highest BCUT2D eigenvalue weighted by atomic mass is 19.1. The number of hydrogen-bond acceptors (Lipinski definition) is 5. The van der Waals surface area contributed by atoms with Crippen molar-refractivity contribution in [1.82, 2.24) is 10.2 Å². The van der Waals surface area contributed by atoms with Crippen molar-refractivity contribution in [3.63, 3.8) is 0 Å². The summed E-state index contributed by atoms with van der Waals surface area (Å²) >= 11 is 0. The minimum Gasteiger partial charge on any atom is -0.486 e. The zero-order chi connectivity index (χ0) is 20.9. The summed E-state index contributed by atoms with van der Waals surface area (Å²) in [6.45, 7) is 2.78. The molecule has 4 rings (SSSR count). The van der Waals surface area contributed by atoms with Crippen LogP contribution in [-0.4, -0.2) is 49.4 Å². The van der Waals surface area contributed by atoms with Crippen molar-refractivity contribution in [2.75, 3.05) is 32.8 Å². The number of hydrogen-bond donors (Lipinski definition) is 1. The Morgan fingerprint density at radius 2 is 1.77 bits per heavy atom. The number of amides is 1. The highest BCUT2D eigenvalue weighted by molar-refractivity contribution is 5.98. The molecule has 1 N–H and O–H groups in total. The van der Waals surface area contributed by atoms with E-state index < -0.39 is 0 Å². The van der Waals surface area contributed by atoms with Gasteiger partial charge in [-0.05, 0) is 50.2 Å². The first-order valence-electron chi connectivity index (χ1n) is 10.3. The van der Waals surface area contributed by atoms with Gasteiger partial charge in [0.05, 0.1) is 6.54 Å². The molecule has 2 aromatic rings. The second-order valence-corrected chi connectivity index (χ2v) is 7.64. The van der Waals surface area contributed by atoms with Crippen LogP contribution in [0.5, 0.6) is 11.5 Å². The topological polar surface area (TPSA) is 67.9 Å². The molecule has 0 aromatic heterocycles. The molecular formula is C23H25FN2O4. The highest BCUT2D eigenvalue weighted by Gasteiger charge is 2.27. The van der Waals surface area contributed by atoms with E-state index in [9.17, 15) is 14.0 Å². The number of nitrogens with one attached hydrogen (secondary N) is 1. The number of ether oxygens (including phenoxy) is 2. The van der Waals surface area contributed by atoms with Crippen molar-refractivity contribution in [1.29, 1.82) is 0 Å². The number of carbonyl (C=O) groups is 2. The molecule has 7 heteroatoms. The van der Waals surface area contributed by atoms with Crippen LogP contribution in [0.1, 0.15) is 28.8 Å². The molecule has 1 saturated heterocycles. The van der Waals surface area contributed by atoms with Gasteiger partial charge in [-0.25, -0.2) is 4.39 Å². The van der Waals surface area contributed by atoms with Crippen LogP contribution in [0.2, 0.25) is 0 Å². The van der Waals surface area contributed by atoms with Gasteiger partial charge in [0.25, 0.3) is 0 Å². The first kappa shape index (κ1) is 20.3. The number of halogens is 1. The van der Waals surface area contributed by atoms with Crippen LogP contribution in [0.25, 0.3) is 0 Å². The molecule has 1 fully saturated rings. The van der Waals surface area contributed by atoms with Crippen LogP contribution in [-0.2, 0) is 11.3 Å². The Labute approximate surface area is 175 Å². The quantitative estimate of drug-likeness (QED) is 0.739. The Bertz CT molecular complexity index is 925. The average molecular weight is 412 g/mol. The van der Waals surface area contributed by atoms with E-state index in [4.69, 9.17) is 9.47 Å². The third kappa shape index (κ3) is 4.79. The van der Waals surface area contributed by atoms with Gasteiger partial charge in [-0.1, -0.05) is 18.2 Å². The zero-order valence-electron chi connectivity index (χ0n) is 16.7. The molecule has 2 heterocycles. The summed E-state index contributed by atoms with van der Waals surface area (Å²) in [6, 6.07) is 11.7. The zero-order valence-corrected chi connectivity index (χ0v) is 16.7. The fourth-order valence-corrected chi connectivity index (χ4v) is 3.88. The minimum atomic E-state index is -0.323. The molecule has 2 aromatic carbocycles. The molecular weight excluding hydrogens is 387 g/mol. The smallest absolute Gasteiger partial charge is 0.234 e. The van der Waals surface area contributed by atoms with Crippen molar-refractivity contribution < 1.29 is 23.5 Å². The first-order valence-corrected chi connectivity index (χ1v) is 10.3. The van der Waals surface area contributed by atoms with Crippen molar-refractivity contribution in [2.45, 2.75) is 19.4 Å². The molecule has 0 saturated carbocycles. The number of nitrogens with zero attached hydrogens (tertiary/aromatic N) is 1. The third-order valence-electron chi connectivity index (χ3n) is 5.59. The number of Topliss-reactive ketones (excluding diaryl/α,β-unsaturated/α-hetero) is 1. The van der Waals surface area contributed by atoms with E-state index >= 15 is 0 Å². The Kier molecular flexibility index (Phi) is 6.28. The number of carbonyl (C=O) groups excluding carboxylic acids is 2. The molecule has 0 bridgehead atoms. The van der Waals surface area contributed by atoms with Crippen LogP contribution in [0.4, 0.5) is 4.39 Å². The van der Waals surface area contributed by atoms with Crippen LogP contribution < -0.4 is 14.8 Å². The standard InChI is InChI=1S/C23H25FN2O4/c24-19-4-2-1-3-18(19)14-25-22(27)15-26-9-7-16(8-10-26)23(28)17-5-6-20-21(13-17)30-12-11-29-20/h1-6,13,16H,7-12,14-15H2,(H,25,27). The van der Waals surface area contributed by atoms with Gasteiger partial charge in [-0.15, -0.1) is 0 Å². The summed E-state index contributed by atoms with van der Waals surface area (Å²) in [5.41, 5.74) is 1.11. The summed E-state index contributed by atoms with van der Waals surface area (Å²) in [5.74, 6) is 0.872. The molecule has 158 valence electrons. The second kappa shape index (κ2) is 9.26. The molecule has 0 aliphatic carbocycles. The number of piperidine rings is 1. The van der Waals surface area contributed by atoms with Gasteiger partial charge in [-0.2, -0.15) is 0 Å². The number of ketones is 1. The Morgan fingerprint density at radius 3 is 2.53 bits per heavy atom. The van der Waals surface area contributed by atoms with Gasteiger partial charge < -0.3 is 14.8 Å². The molecule has 0 atom stereocenters. The molecule has 6 nitrogen and oxygen atoms in total. The molecule has 0 spiro atoms. The summed E-state index contributed by atoms with van der Waals surface area (Å²) in [5, 5.41) is 2.76. The predicted octanol–water partition coefficient (Wildman–Crippen LogP) is 2.81. The lowest BCUT2D eigenvalue weighted by Gasteiger charge is -2.31. The first-order chi connectivity index (χ1) is 14.6. The molecule has 2 aliphatic rings. The predicted molar refractivity (Wildman–Crippen MR) is 109 cm³/mol. The molecule has 0 radical (unpaired) electrons. The maximum atomic E-state index is 13.6. The Morgan fingerprint density at radius 1 is 1.03 bits per heavy atom. The highest BCUT2D eigenvalue weighted by Crippen LogP contribution is 2.32. The summed E-state index contributed by atoms with van der Waals surface area (Å²) in [7, 11) is 0. The van der Waals surface area contributed by atoms with E-state index in [1.54, 1.807) is 36.4 Å². The fourth-order valence-electron chi connectivity index (χ4n) is 3.88. The summed E-state index contributed by atoms with van der Waals surface area (Å²) < 4.78 is 24.7. The SMILES string of the molecule is O=C(CN1CCC(C(=O)c2ccc3c(c2)OCCO3)CC1)NCc1ccccc1F. The Hall–Kier alpha value is -2.93. The molecule has 2 aliphatic heterocycles. The molecule has 30 heavy (non-hydrogen) atoms. The van der Waals surface area contributed by atoms with E-state index in [0.29, 0.717) is 61.8 Å². The lowest BCUT2D eigenvalue weighted by atomic mass is 9.88. The van der Waals surface area contributed by atoms with Crippen LogP contribution in [0, 0.1) is 11.7 Å². The van der Waals surface area contributed by atoms with E-state index in [1.165, 1.54) is 6.07 Å². The van der Waals surface area contributed by atoms with Crippen LogP contribution >= 0.6 is 0 Å². The third-order valence-corrected chi connectivity index (χ3v) is 5.59. The second-order valence-electron chi connectivity index (χ2n) is 7.64. The number of fused-ring (bicyclic) bond motifs is 1. The van der Waals surface area contributed by atoms with Crippen molar-refractivity contribution >= 4 is 11.7 Å². The fraction of sp³-hybridized carbons (Fsp3) is 0.391. The number of likely N-dealkylation sites (tertiary alicyclic amines) is 1. The largest absolute Gasteiger partial charge is 0.486 e. The molecule has 1 amide bonds. The normalized spacial score (nSPS) is 16.8. The van der Waals surface area contributed by atoms with Crippen molar-refractivity contribution in [3.8, 4) is 11.5 Å². The van der Waals surface area contributed by atoms with E-state index in [0.717, 1.165) is 0 Å².